The van der Waals surface area contributed by atoms with Gasteiger partial charge in [-0.15, -0.1) is 0 Å². The minimum atomic E-state index is -0.640. The van der Waals surface area contributed by atoms with E-state index in [1.807, 2.05) is 6.92 Å². The minimum Gasteiger partial charge on any atom is -0.338 e. The monoisotopic (exact) mass is 280 g/mol. The van der Waals surface area contributed by atoms with Crippen LogP contribution in [0.3, 0.4) is 0 Å². The zero-order valence-corrected chi connectivity index (χ0v) is 11.6. The summed E-state index contributed by atoms with van der Waals surface area (Å²) < 4.78 is 0. The molecule has 7 nitrogen and oxygen atoms in total. The lowest BCUT2D eigenvalue weighted by atomic mass is 9.99. The predicted octanol–water partition coefficient (Wildman–Crippen LogP) is -0.475. The van der Waals surface area contributed by atoms with Crippen LogP contribution in [0.2, 0.25) is 0 Å². The van der Waals surface area contributed by atoms with E-state index in [2.05, 4.69) is 15.3 Å². The number of amides is 1. The summed E-state index contributed by atoms with van der Waals surface area (Å²) >= 11 is 0. The van der Waals surface area contributed by atoms with E-state index in [4.69, 9.17) is 0 Å². The lowest BCUT2D eigenvalue weighted by Gasteiger charge is -2.29. The molecule has 1 unspecified atom stereocenters. The van der Waals surface area contributed by atoms with E-state index in [1.165, 1.54) is 6.20 Å². The first-order valence-electron chi connectivity index (χ1n) is 6.93. The van der Waals surface area contributed by atoms with Gasteiger partial charge in [0.25, 0.3) is 11.5 Å². The van der Waals surface area contributed by atoms with E-state index >= 15 is 0 Å². The van der Waals surface area contributed by atoms with Gasteiger partial charge < -0.3 is 15.2 Å². The molecule has 1 amide bonds. The van der Waals surface area contributed by atoms with Crippen LogP contribution in [-0.4, -0.2) is 47.0 Å². The summed E-state index contributed by atoms with van der Waals surface area (Å²) in [6, 6.07) is 0. The largest absolute Gasteiger partial charge is 0.338 e. The first kappa shape index (κ1) is 14.5. The number of nitrogens with one attached hydrogen (secondary N) is 3. The SMILES string of the molecule is CCN(CC1CCCNC1)C(=O)c1c[nH]c(=O)[nH]c1=O. The summed E-state index contributed by atoms with van der Waals surface area (Å²) in [6.07, 6.45) is 3.37. The number of H-pyrrole nitrogens is 2. The van der Waals surface area contributed by atoms with Gasteiger partial charge in [-0.05, 0) is 38.8 Å². The molecule has 0 spiro atoms. The van der Waals surface area contributed by atoms with Crippen molar-refractivity contribution in [2.24, 2.45) is 5.92 Å². The fourth-order valence-corrected chi connectivity index (χ4v) is 2.49. The lowest BCUT2D eigenvalue weighted by Crippen LogP contribution is -2.43. The number of carbonyl (C=O) groups is 1. The molecule has 0 aliphatic carbocycles. The van der Waals surface area contributed by atoms with Crippen LogP contribution < -0.4 is 16.6 Å². The Morgan fingerprint density at radius 1 is 1.45 bits per heavy atom. The molecule has 1 aliphatic heterocycles. The maximum atomic E-state index is 12.3. The highest BCUT2D eigenvalue weighted by molar-refractivity contribution is 5.93. The molecule has 110 valence electrons. The smallest absolute Gasteiger partial charge is 0.325 e. The number of rotatable bonds is 4. The lowest BCUT2D eigenvalue weighted by molar-refractivity contribution is 0.0726. The molecule has 1 saturated heterocycles. The number of carbonyl (C=O) groups excluding carboxylic acids is 1. The highest BCUT2D eigenvalue weighted by atomic mass is 16.2. The molecule has 20 heavy (non-hydrogen) atoms. The third-order valence-electron chi connectivity index (χ3n) is 3.60. The molecule has 3 N–H and O–H groups in total. The molecule has 1 aliphatic rings. The van der Waals surface area contributed by atoms with Crippen LogP contribution in [0.25, 0.3) is 0 Å². The Morgan fingerprint density at radius 2 is 2.25 bits per heavy atom. The summed E-state index contributed by atoms with van der Waals surface area (Å²) in [4.78, 5) is 41.0. The molecular weight excluding hydrogens is 260 g/mol. The molecule has 0 saturated carbocycles. The quantitative estimate of drug-likeness (QED) is 0.694. The fraction of sp³-hybridized carbons (Fsp3) is 0.615. The molecular formula is C13H20N4O3. The van der Waals surface area contributed by atoms with E-state index in [0.717, 1.165) is 25.9 Å². The highest BCUT2D eigenvalue weighted by Crippen LogP contribution is 2.12. The van der Waals surface area contributed by atoms with Gasteiger partial charge in [0.1, 0.15) is 5.56 Å². The molecule has 0 bridgehead atoms. The highest BCUT2D eigenvalue weighted by Gasteiger charge is 2.22. The standard InChI is InChI=1S/C13H20N4O3/c1-2-17(8-9-4-3-5-14-6-9)12(19)10-7-15-13(20)16-11(10)18/h7,9,14H,2-6,8H2,1H3,(H2,15,16,18,20). The van der Waals surface area contributed by atoms with Crippen LogP contribution in [-0.2, 0) is 0 Å². The zero-order valence-electron chi connectivity index (χ0n) is 11.6. The van der Waals surface area contributed by atoms with Gasteiger partial charge in [0.2, 0.25) is 0 Å². The number of piperidine rings is 1. The third-order valence-corrected chi connectivity index (χ3v) is 3.60. The maximum Gasteiger partial charge on any atom is 0.325 e. The first-order chi connectivity index (χ1) is 9.61. The van der Waals surface area contributed by atoms with E-state index in [9.17, 15) is 14.4 Å². The van der Waals surface area contributed by atoms with Gasteiger partial charge in [-0.2, -0.15) is 0 Å². The van der Waals surface area contributed by atoms with Crippen molar-refractivity contribution >= 4 is 5.91 Å². The van der Waals surface area contributed by atoms with Crippen LogP contribution in [0, 0.1) is 5.92 Å². The van der Waals surface area contributed by atoms with Crippen molar-refractivity contribution in [1.29, 1.82) is 0 Å². The van der Waals surface area contributed by atoms with Crippen molar-refractivity contribution in [3.63, 3.8) is 0 Å². The number of hydrogen-bond donors (Lipinski definition) is 3. The van der Waals surface area contributed by atoms with Crippen LogP contribution in [0.4, 0.5) is 0 Å². The Hall–Kier alpha value is -1.89. The fourth-order valence-electron chi connectivity index (χ4n) is 2.49. The molecule has 1 aromatic rings. The summed E-state index contributed by atoms with van der Waals surface area (Å²) in [7, 11) is 0. The van der Waals surface area contributed by atoms with E-state index in [1.54, 1.807) is 4.90 Å². The molecule has 1 fully saturated rings. The second-order valence-electron chi connectivity index (χ2n) is 5.04. The summed E-state index contributed by atoms with van der Waals surface area (Å²) in [5.41, 5.74) is -1.26. The van der Waals surface area contributed by atoms with E-state index < -0.39 is 11.2 Å². The van der Waals surface area contributed by atoms with Crippen molar-refractivity contribution in [3.05, 3.63) is 32.6 Å². The molecule has 1 atom stereocenters. The van der Waals surface area contributed by atoms with Gasteiger partial charge in [0.05, 0.1) is 0 Å². The Kier molecular flexibility index (Phi) is 4.73. The van der Waals surface area contributed by atoms with Crippen molar-refractivity contribution in [2.45, 2.75) is 19.8 Å². The molecule has 0 radical (unpaired) electrons. The Labute approximate surface area is 116 Å². The Bertz CT molecular complexity index is 571. The summed E-state index contributed by atoms with van der Waals surface area (Å²) in [6.45, 7) is 4.96. The van der Waals surface area contributed by atoms with Gasteiger partial charge in [-0.3, -0.25) is 14.6 Å². The number of aromatic nitrogens is 2. The first-order valence-corrected chi connectivity index (χ1v) is 6.93. The number of hydrogen-bond acceptors (Lipinski definition) is 4. The van der Waals surface area contributed by atoms with Crippen LogP contribution in [0.5, 0.6) is 0 Å². The molecule has 2 rings (SSSR count). The number of aromatic amines is 2. The van der Waals surface area contributed by atoms with Crippen LogP contribution in [0.1, 0.15) is 30.1 Å². The van der Waals surface area contributed by atoms with Gasteiger partial charge in [-0.25, -0.2) is 4.79 Å². The minimum absolute atomic E-state index is 0.0183. The van der Waals surface area contributed by atoms with Crippen LogP contribution >= 0.6 is 0 Å². The number of nitrogens with zero attached hydrogens (tertiary/aromatic N) is 1. The predicted molar refractivity (Wildman–Crippen MR) is 74.9 cm³/mol. The summed E-state index contributed by atoms with van der Waals surface area (Å²) in [5.74, 6) is 0.0741. The van der Waals surface area contributed by atoms with Gasteiger partial charge in [0.15, 0.2) is 0 Å². The molecule has 7 heteroatoms. The molecule has 2 heterocycles. The van der Waals surface area contributed by atoms with Crippen molar-refractivity contribution in [1.82, 2.24) is 20.2 Å². The maximum absolute atomic E-state index is 12.3. The third kappa shape index (κ3) is 3.36. The van der Waals surface area contributed by atoms with Crippen molar-refractivity contribution in [3.8, 4) is 0 Å². The van der Waals surface area contributed by atoms with E-state index in [0.29, 0.717) is 19.0 Å². The second kappa shape index (κ2) is 6.51. The normalized spacial score (nSPS) is 18.8. The van der Waals surface area contributed by atoms with E-state index in [-0.39, 0.29) is 11.5 Å². The van der Waals surface area contributed by atoms with Gasteiger partial charge in [-0.1, -0.05) is 0 Å². The zero-order chi connectivity index (χ0) is 14.5. The Balaban J connectivity index is 2.11. The molecule has 1 aromatic heterocycles. The average Bonchev–Trinajstić information content (AvgIpc) is 2.45. The molecule has 0 aromatic carbocycles. The second-order valence-corrected chi connectivity index (χ2v) is 5.04. The van der Waals surface area contributed by atoms with Gasteiger partial charge >= 0.3 is 5.69 Å². The van der Waals surface area contributed by atoms with Crippen molar-refractivity contribution < 1.29 is 4.79 Å². The summed E-state index contributed by atoms with van der Waals surface area (Å²) in [5, 5.41) is 3.31. The average molecular weight is 280 g/mol. The van der Waals surface area contributed by atoms with Gasteiger partial charge in [0, 0.05) is 19.3 Å². The van der Waals surface area contributed by atoms with Crippen LogP contribution in [0.15, 0.2) is 15.8 Å². The Morgan fingerprint density at radius 3 is 2.85 bits per heavy atom. The topological polar surface area (TPSA) is 98.1 Å². The van der Waals surface area contributed by atoms with Crippen molar-refractivity contribution in [2.75, 3.05) is 26.2 Å².